The van der Waals surface area contributed by atoms with Crippen LogP contribution in [0.3, 0.4) is 0 Å². The van der Waals surface area contributed by atoms with E-state index in [0.29, 0.717) is 4.48 Å². The fraction of sp³-hybridized carbons (Fsp3) is 1.00. The van der Waals surface area contributed by atoms with Crippen LogP contribution in [0.4, 0.5) is 0 Å². The molecule has 0 radical (unpaired) electrons. The van der Waals surface area contributed by atoms with Gasteiger partial charge in [-0.1, -0.05) is 96.8 Å². The second-order valence-corrected chi connectivity index (χ2v) is 8.34. The van der Waals surface area contributed by atoms with Crippen molar-refractivity contribution < 1.29 is 9.59 Å². The van der Waals surface area contributed by atoms with Gasteiger partial charge in [-0.25, -0.2) is 0 Å². The average Bonchev–Trinajstić information content (AvgIpc) is 2.50. The fourth-order valence-electron chi connectivity index (χ4n) is 3.09. The van der Waals surface area contributed by atoms with Crippen LogP contribution >= 0.6 is 0 Å². The van der Waals surface area contributed by atoms with Crippen molar-refractivity contribution in [3.8, 4) is 0 Å². The van der Waals surface area contributed by atoms with Crippen molar-refractivity contribution in [2.24, 2.45) is 0 Å². The first kappa shape index (κ1) is 22.9. The van der Waals surface area contributed by atoms with Crippen molar-refractivity contribution in [3.05, 3.63) is 0 Å². The van der Waals surface area contributed by atoms with Crippen LogP contribution in [-0.4, -0.2) is 37.0 Å². The van der Waals surface area contributed by atoms with Gasteiger partial charge in [-0.05, 0) is 6.42 Å². The molecule has 0 aliphatic heterocycles. The average molecular weight is 329 g/mol. The third-order valence-electron chi connectivity index (χ3n) is 4.96. The van der Waals surface area contributed by atoms with E-state index >= 15 is 0 Å². The first-order chi connectivity index (χ1) is 11.0. The van der Waals surface area contributed by atoms with Crippen LogP contribution < -0.4 is 0 Å². The van der Waals surface area contributed by atoms with E-state index in [1.807, 2.05) is 0 Å². The lowest BCUT2D eigenvalue weighted by atomic mass is 10.0. The van der Waals surface area contributed by atoms with Gasteiger partial charge in [-0.3, -0.25) is 0 Å². The molecule has 23 heavy (non-hydrogen) atoms. The van der Waals surface area contributed by atoms with E-state index in [9.17, 15) is 5.11 Å². The number of rotatable bonds is 17. The SMILES string of the molecule is CCCCCCCCCCCCCCCCCC(O)[N+](C)(C)C. The summed E-state index contributed by atoms with van der Waals surface area (Å²) in [5.74, 6) is 0. The minimum absolute atomic E-state index is 0.197. The van der Waals surface area contributed by atoms with E-state index in [1.54, 1.807) is 0 Å². The van der Waals surface area contributed by atoms with E-state index in [-0.39, 0.29) is 6.23 Å². The molecule has 0 aliphatic rings. The van der Waals surface area contributed by atoms with Crippen LogP contribution in [0.15, 0.2) is 0 Å². The molecule has 2 nitrogen and oxygen atoms in total. The number of nitrogens with zero attached hydrogens (tertiary/aromatic N) is 1. The van der Waals surface area contributed by atoms with Crippen LogP contribution in [0.25, 0.3) is 0 Å². The summed E-state index contributed by atoms with van der Waals surface area (Å²) in [6.07, 6.45) is 21.7. The van der Waals surface area contributed by atoms with Gasteiger partial charge in [0.1, 0.15) is 0 Å². The Morgan fingerprint density at radius 3 is 1.17 bits per heavy atom. The minimum atomic E-state index is -0.197. The van der Waals surface area contributed by atoms with Crippen molar-refractivity contribution in [1.82, 2.24) is 0 Å². The fourth-order valence-corrected chi connectivity index (χ4v) is 3.09. The standard InChI is InChI=1S/C21H46NO/c1-5-6-7-8-9-10-11-12-13-14-15-16-17-18-19-20-21(23)22(2,3)4/h21,23H,5-20H2,1-4H3/q+1. The lowest BCUT2D eigenvalue weighted by Crippen LogP contribution is -2.44. The summed E-state index contributed by atoms with van der Waals surface area (Å²) in [5.41, 5.74) is 0. The Hall–Kier alpha value is -0.0800. The maximum Gasteiger partial charge on any atom is 0.189 e. The topological polar surface area (TPSA) is 20.2 Å². The molecular weight excluding hydrogens is 282 g/mol. The number of aliphatic hydroxyl groups is 1. The van der Waals surface area contributed by atoms with Crippen LogP contribution in [0.5, 0.6) is 0 Å². The van der Waals surface area contributed by atoms with E-state index in [0.717, 1.165) is 6.42 Å². The summed E-state index contributed by atoms with van der Waals surface area (Å²) >= 11 is 0. The lowest BCUT2D eigenvalue weighted by Gasteiger charge is -2.29. The monoisotopic (exact) mass is 328 g/mol. The van der Waals surface area contributed by atoms with Gasteiger partial charge in [-0.2, -0.15) is 0 Å². The maximum absolute atomic E-state index is 9.96. The first-order valence-electron chi connectivity index (χ1n) is 10.5. The molecule has 1 unspecified atom stereocenters. The molecule has 0 amide bonds. The summed E-state index contributed by atoms with van der Waals surface area (Å²) in [6.45, 7) is 2.29. The Balaban J connectivity index is 3.11. The highest BCUT2D eigenvalue weighted by Gasteiger charge is 2.19. The van der Waals surface area contributed by atoms with Gasteiger partial charge >= 0.3 is 0 Å². The van der Waals surface area contributed by atoms with Crippen molar-refractivity contribution in [2.75, 3.05) is 21.1 Å². The Bertz CT molecular complexity index is 234. The number of quaternary nitrogens is 1. The smallest absolute Gasteiger partial charge is 0.189 e. The molecule has 0 aliphatic carbocycles. The summed E-state index contributed by atoms with van der Waals surface area (Å²) in [7, 11) is 6.20. The molecular formula is C21H46NO+. The van der Waals surface area contributed by atoms with Crippen LogP contribution in [0, 0.1) is 0 Å². The summed E-state index contributed by atoms with van der Waals surface area (Å²) in [4.78, 5) is 0. The van der Waals surface area contributed by atoms with E-state index in [2.05, 4.69) is 28.1 Å². The first-order valence-corrected chi connectivity index (χ1v) is 10.5. The molecule has 140 valence electrons. The quantitative estimate of drug-likeness (QED) is 0.189. The zero-order chi connectivity index (χ0) is 17.4. The number of aliphatic hydroxyl groups excluding tert-OH is 1. The molecule has 2 heteroatoms. The molecule has 0 saturated heterocycles. The molecule has 0 aromatic carbocycles. The minimum Gasteiger partial charge on any atom is -0.345 e. The predicted molar refractivity (Wildman–Crippen MR) is 104 cm³/mol. The van der Waals surface area contributed by atoms with E-state index in [1.165, 1.54) is 96.3 Å². The molecule has 0 heterocycles. The second kappa shape index (κ2) is 15.4. The van der Waals surface area contributed by atoms with E-state index < -0.39 is 0 Å². The van der Waals surface area contributed by atoms with Crippen LogP contribution in [0.2, 0.25) is 0 Å². The van der Waals surface area contributed by atoms with Crippen LogP contribution in [-0.2, 0) is 0 Å². The zero-order valence-electron chi connectivity index (χ0n) is 16.8. The van der Waals surface area contributed by atoms with Crippen molar-refractivity contribution in [1.29, 1.82) is 0 Å². The molecule has 0 fully saturated rings. The molecule has 0 saturated carbocycles. The molecule has 0 aromatic heterocycles. The number of unbranched alkanes of at least 4 members (excludes halogenated alkanes) is 14. The van der Waals surface area contributed by atoms with Gasteiger partial charge < -0.3 is 9.59 Å². The molecule has 0 rings (SSSR count). The summed E-state index contributed by atoms with van der Waals surface area (Å²) in [6, 6.07) is 0. The largest absolute Gasteiger partial charge is 0.345 e. The summed E-state index contributed by atoms with van der Waals surface area (Å²) < 4.78 is 0.665. The molecule has 0 aromatic rings. The third kappa shape index (κ3) is 16.6. The molecule has 0 bridgehead atoms. The van der Waals surface area contributed by atoms with Gasteiger partial charge in [0.25, 0.3) is 0 Å². The highest BCUT2D eigenvalue weighted by molar-refractivity contribution is 4.50. The van der Waals surface area contributed by atoms with Gasteiger partial charge in [0, 0.05) is 6.42 Å². The summed E-state index contributed by atoms with van der Waals surface area (Å²) in [5, 5.41) is 9.96. The molecule has 1 atom stereocenters. The van der Waals surface area contributed by atoms with Gasteiger partial charge in [0.15, 0.2) is 6.23 Å². The highest BCUT2D eigenvalue weighted by Crippen LogP contribution is 2.15. The Morgan fingerprint density at radius 1 is 0.565 bits per heavy atom. The van der Waals surface area contributed by atoms with Gasteiger partial charge in [-0.15, -0.1) is 0 Å². The normalized spacial score (nSPS) is 13.4. The Morgan fingerprint density at radius 2 is 0.870 bits per heavy atom. The van der Waals surface area contributed by atoms with Gasteiger partial charge in [0.2, 0.25) is 0 Å². The van der Waals surface area contributed by atoms with Gasteiger partial charge in [0.05, 0.1) is 21.1 Å². The predicted octanol–water partition coefficient (Wildman–Crippen LogP) is 6.27. The Labute approximate surface area is 147 Å². The second-order valence-electron chi connectivity index (χ2n) is 8.34. The third-order valence-corrected chi connectivity index (χ3v) is 4.96. The lowest BCUT2D eigenvalue weighted by molar-refractivity contribution is -0.919. The molecule has 1 N–H and O–H groups in total. The Kier molecular flexibility index (Phi) is 15.4. The highest BCUT2D eigenvalue weighted by atomic mass is 16.3. The zero-order valence-corrected chi connectivity index (χ0v) is 16.8. The van der Waals surface area contributed by atoms with Crippen molar-refractivity contribution in [3.63, 3.8) is 0 Å². The number of hydrogen-bond donors (Lipinski definition) is 1. The molecule has 0 spiro atoms. The number of hydrogen-bond acceptors (Lipinski definition) is 1. The maximum atomic E-state index is 9.96. The van der Waals surface area contributed by atoms with Crippen molar-refractivity contribution >= 4 is 0 Å². The van der Waals surface area contributed by atoms with E-state index in [4.69, 9.17) is 0 Å². The van der Waals surface area contributed by atoms with Crippen molar-refractivity contribution in [2.45, 2.75) is 116 Å². The van der Waals surface area contributed by atoms with Crippen LogP contribution in [0.1, 0.15) is 110 Å².